The van der Waals surface area contributed by atoms with Gasteiger partial charge in [-0.2, -0.15) is 5.26 Å². The Morgan fingerprint density at radius 3 is 2.46 bits per heavy atom. The molecule has 0 bridgehead atoms. The first-order chi connectivity index (χ1) is 19.1. The van der Waals surface area contributed by atoms with Crippen molar-refractivity contribution in [2.45, 2.75) is 61.4 Å². The smallest absolute Gasteiger partial charge is 0.310 e. The number of amides is 2. The molecule has 3 heterocycles. The maximum atomic E-state index is 14.1. The summed E-state index contributed by atoms with van der Waals surface area (Å²) in [5, 5.41) is 12.6. The number of hydrogen-bond acceptors (Lipinski definition) is 7. The molecule has 0 radical (unpaired) electrons. The third-order valence-corrected chi connectivity index (χ3v) is 8.31. The van der Waals surface area contributed by atoms with Crippen molar-refractivity contribution in [2.75, 3.05) is 25.2 Å². The van der Waals surface area contributed by atoms with Gasteiger partial charge in [-0.25, -0.2) is 0 Å². The molecule has 2 saturated heterocycles. The monoisotopic (exact) mass is 603 g/mol. The van der Waals surface area contributed by atoms with Gasteiger partial charge in [-0.3, -0.25) is 24.4 Å². The van der Waals surface area contributed by atoms with Crippen LogP contribution in [0, 0.1) is 11.5 Å². The van der Waals surface area contributed by atoms with E-state index in [0.29, 0.717) is 19.4 Å². The number of nitrogens with zero attached hydrogens (tertiary/aromatic N) is 4. The van der Waals surface area contributed by atoms with E-state index in [1.54, 1.807) is 0 Å². The minimum absolute atomic E-state index is 0.0573. The van der Waals surface area contributed by atoms with Crippen molar-refractivity contribution in [2.24, 2.45) is 0 Å². The van der Waals surface area contributed by atoms with Crippen molar-refractivity contribution >= 4 is 27.7 Å². The van der Waals surface area contributed by atoms with Crippen LogP contribution in [-0.2, 0) is 19.1 Å². The number of benzene rings is 1. The molecule has 4 rings (SSSR count). The number of hydrogen-bond donors (Lipinski definition) is 1. The summed E-state index contributed by atoms with van der Waals surface area (Å²) in [6.07, 6.45) is 5.07. The van der Waals surface area contributed by atoms with Gasteiger partial charge in [0.1, 0.15) is 17.0 Å². The predicted octanol–water partition coefficient (Wildman–Crippen LogP) is 5.07. The number of aromatic nitrogens is 1. The van der Waals surface area contributed by atoms with Gasteiger partial charge in [-0.05, 0) is 50.1 Å². The molecule has 2 aliphatic heterocycles. The van der Waals surface area contributed by atoms with Gasteiger partial charge in [0.25, 0.3) is 5.91 Å². The zero-order valence-electron chi connectivity index (χ0n) is 22.3. The molecule has 2 fully saturated rings. The molecule has 1 aromatic heterocycles. The van der Waals surface area contributed by atoms with Crippen molar-refractivity contribution in [3.63, 3.8) is 0 Å². The van der Waals surface area contributed by atoms with Crippen LogP contribution >= 0.6 is 10.2 Å². The van der Waals surface area contributed by atoms with Gasteiger partial charge < -0.3 is 14.8 Å². The number of ether oxygens (including phenoxy) is 2. The molecule has 224 valence electrons. The Kier molecular flexibility index (Phi) is 7.98. The lowest BCUT2D eigenvalue weighted by atomic mass is 10.00. The second-order valence-corrected chi connectivity index (χ2v) is 12.5. The normalized spacial score (nSPS) is 25.4. The Hall–Kier alpha value is -3.48. The average Bonchev–Trinajstić information content (AvgIpc) is 3.34. The number of rotatable bonds is 8. The average molecular weight is 604 g/mol. The Labute approximate surface area is 233 Å². The number of nitrogens with one attached hydrogen (secondary N) is 1. The summed E-state index contributed by atoms with van der Waals surface area (Å²) >= 11 is 0. The van der Waals surface area contributed by atoms with Crippen LogP contribution < -0.4 is 10.2 Å². The molecule has 41 heavy (non-hydrogen) atoms. The van der Waals surface area contributed by atoms with Gasteiger partial charge in [-0.15, -0.1) is 0 Å². The van der Waals surface area contributed by atoms with E-state index in [1.807, 2.05) is 13.1 Å². The van der Waals surface area contributed by atoms with Crippen LogP contribution in [-0.4, -0.2) is 66.3 Å². The summed E-state index contributed by atoms with van der Waals surface area (Å²) < 4.78 is 78.3. The molecule has 15 heteroatoms. The fourth-order valence-corrected chi connectivity index (χ4v) is 5.76. The van der Waals surface area contributed by atoms with Crippen molar-refractivity contribution in [1.29, 1.82) is 5.26 Å². The fraction of sp³-hybridized carbons (Fsp3) is 0.462. The second-order valence-electron chi connectivity index (χ2n) is 10.1. The van der Waals surface area contributed by atoms with Crippen LogP contribution in [0.5, 0.6) is 0 Å². The maximum Gasteiger partial charge on any atom is 0.310 e. The van der Waals surface area contributed by atoms with Crippen LogP contribution in [0.4, 0.5) is 25.1 Å². The number of likely N-dealkylation sites (tertiary alicyclic amines) is 1. The Bertz CT molecular complexity index is 1310. The summed E-state index contributed by atoms with van der Waals surface area (Å²) in [6.45, 7) is 2.31. The third kappa shape index (κ3) is 7.06. The highest BCUT2D eigenvalue weighted by Gasteiger charge is 2.65. The van der Waals surface area contributed by atoms with E-state index in [2.05, 4.69) is 10.3 Å². The number of carbonyl (C=O) groups is 2. The van der Waals surface area contributed by atoms with Crippen molar-refractivity contribution in [3.8, 4) is 6.19 Å². The molecule has 2 aromatic rings. The van der Waals surface area contributed by atoms with E-state index in [0.717, 1.165) is 21.9 Å². The first kappa shape index (κ1) is 30.5. The molecule has 5 atom stereocenters. The van der Waals surface area contributed by atoms with Gasteiger partial charge in [0.05, 0.1) is 18.8 Å². The number of nitriles is 1. The molecular weight excluding hydrogens is 573 g/mol. The van der Waals surface area contributed by atoms with Gasteiger partial charge in [0, 0.05) is 49.8 Å². The highest BCUT2D eigenvalue weighted by atomic mass is 32.5. The van der Waals surface area contributed by atoms with Crippen LogP contribution in [0.3, 0.4) is 0 Å². The summed E-state index contributed by atoms with van der Waals surface area (Å²) in [5.41, 5.74) is -0.0243. The number of carbonyl (C=O) groups excluding carboxylic acids is 2. The molecule has 1 aromatic carbocycles. The summed E-state index contributed by atoms with van der Waals surface area (Å²) in [4.78, 5) is 32.0. The third-order valence-electron chi connectivity index (χ3n) is 7.15. The minimum atomic E-state index is -10.0. The van der Waals surface area contributed by atoms with E-state index >= 15 is 0 Å². The zero-order chi connectivity index (χ0) is 30.1. The summed E-state index contributed by atoms with van der Waals surface area (Å²) in [7, 11) is -8.61. The molecule has 0 spiro atoms. The minimum Gasteiger partial charge on any atom is -0.379 e. The van der Waals surface area contributed by atoms with Crippen molar-refractivity contribution in [1.82, 2.24) is 15.2 Å². The van der Waals surface area contributed by atoms with E-state index in [9.17, 15) is 34.3 Å². The van der Waals surface area contributed by atoms with Crippen molar-refractivity contribution < 1.29 is 38.5 Å². The highest BCUT2D eigenvalue weighted by molar-refractivity contribution is 8.45. The van der Waals surface area contributed by atoms with Gasteiger partial charge in [-0.1, -0.05) is 25.5 Å². The highest BCUT2D eigenvalue weighted by Crippen LogP contribution is 3.02. The van der Waals surface area contributed by atoms with E-state index in [4.69, 9.17) is 9.47 Å². The van der Waals surface area contributed by atoms with Crippen LogP contribution in [0.2, 0.25) is 0 Å². The first-order valence-electron chi connectivity index (χ1n) is 12.8. The molecular formula is C26H30F5N5O4S. The maximum absolute atomic E-state index is 14.1. The van der Waals surface area contributed by atoms with Crippen molar-refractivity contribution in [3.05, 3.63) is 54.4 Å². The number of halogens is 5. The second kappa shape index (κ2) is 10.7. The van der Waals surface area contributed by atoms with E-state index in [1.165, 1.54) is 31.6 Å². The number of anilines is 1. The topological polar surface area (TPSA) is 108 Å². The number of methoxy groups -OCH3 is 1. The molecule has 1 N–H and O–H groups in total. The molecule has 9 nitrogen and oxygen atoms in total. The Morgan fingerprint density at radius 2 is 1.90 bits per heavy atom. The molecule has 2 amide bonds. The summed E-state index contributed by atoms with van der Waals surface area (Å²) in [5.74, 6) is -1.46. The van der Waals surface area contributed by atoms with E-state index in [-0.39, 0.29) is 48.5 Å². The molecule has 0 saturated carbocycles. The lowest BCUT2D eigenvalue weighted by Gasteiger charge is -2.41. The Morgan fingerprint density at radius 1 is 1.20 bits per heavy atom. The standard InChI is InChI=1S/C26H30F5N5O4S/c1-17-12-19(9-11-40-17)34-25(37)24(18-4-3-10-33-14-18)36(26(38)23-13-21(39-2)15-35(23)16-32)20-5-7-22(8-6-20)41(27,28,29,30)31/h3-8,10,14,17,19,21,23-24H,9,11-13,15H2,1-2H3,(H,34,37). The lowest BCUT2D eigenvalue weighted by molar-refractivity contribution is -0.129. The fourth-order valence-electron chi connectivity index (χ4n) is 5.11. The number of pyridine rings is 1. The first-order valence-corrected chi connectivity index (χ1v) is 14.7. The zero-order valence-corrected chi connectivity index (χ0v) is 23.1. The predicted molar refractivity (Wildman–Crippen MR) is 140 cm³/mol. The summed E-state index contributed by atoms with van der Waals surface area (Å²) in [6, 6.07) is 1.94. The van der Waals surface area contributed by atoms with E-state index < -0.39 is 45.1 Å². The molecule has 2 aliphatic rings. The lowest BCUT2D eigenvalue weighted by Crippen LogP contribution is -2.52. The van der Waals surface area contributed by atoms with Gasteiger partial charge in [0.2, 0.25) is 5.91 Å². The van der Waals surface area contributed by atoms with Gasteiger partial charge in [0.15, 0.2) is 6.19 Å². The molecule has 0 aliphatic carbocycles. The van der Waals surface area contributed by atoms with Gasteiger partial charge >= 0.3 is 10.2 Å². The quantitative estimate of drug-likeness (QED) is 0.332. The van der Waals surface area contributed by atoms with Crippen LogP contribution in [0.25, 0.3) is 0 Å². The van der Waals surface area contributed by atoms with Crippen LogP contribution in [0.1, 0.15) is 37.8 Å². The Balaban J connectivity index is 1.82. The van der Waals surface area contributed by atoms with Crippen LogP contribution in [0.15, 0.2) is 53.7 Å². The molecule has 5 unspecified atom stereocenters. The SMILES string of the molecule is COC1CC(C(=O)N(c2ccc(S(F)(F)(F)(F)F)cc2)C(C(=O)NC2CCOC(C)C2)c2cccnc2)N(C#N)C1. The largest absolute Gasteiger partial charge is 0.379 e.